The highest BCUT2D eigenvalue weighted by molar-refractivity contribution is 4.95. The number of likely N-dealkylation sites (tertiary alicyclic amines) is 1. The predicted molar refractivity (Wildman–Crippen MR) is 85.9 cm³/mol. The molecule has 0 spiro atoms. The normalized spacial score (nSPS) is 36.9. The molecule has 3 rings (SSSR count). The second kappa shape index (κ2) is 6.36. The molecule has 3 heterocycles. The van der Waals surface area contributed by atoms with Crippen molar-refractivity contribution in [2.45, 2.75) is 71.4 Å². The lowest BCUT2D eigenvalue weighted by Crippen LogP contribution is -2.46. The SMILES string of the molecule is CCN1C2CCC1CC(CN1CCC(C(C)C)CC1)C2. The first kappa shape index (κ1) is 14.8. The smallest absolute Gasteiger partial charge is 0.0102 e. The van der Waals surface area contributed by atoms with Gasteiger partial charge in [-0.25, -0.2) is 0 Å². The average molecular weight is 278 g/mol. The zero-order valence-electron chi connectivity index (χ0n) is 13.9. The van der Waals surface area contributed by atoms with Gasteiger partial charge >= 0.3 is 0 Å². The molecule has 3 saturated heterocycles. The van der Waals surface area contributed by atoms with Crippen LogP contribution in [0.2, 0.25) is 0 Å². The van der Waals surface area contributed by atoms with Gasteiger partial charge in [0.15, 0.2) is 0 Å². The molecule has 3 aliphatic rings. The molecular weight excluding hydrogens is 244 g/mol. The molecule has 3 fully saturated rings. The lowest BCUT2D eigenvalue weighted by molar-refractivity contribution is 0.0729. The Hall–Kier alpha value is -0.0800. The van der Waals surface area contributed by atoms with Crippen LogP contribution >= 0.6 is 0 Å². The molecule has 20 heavy (non-hydrogen) atoms. The first-order valence-corrected chi connectivity index (χ1v) is 9.15. The molecular formula is C18H34N2. The minimum atomic E-state index is 0.890. The van der Waals surface area contributed by atoms with Crippen molar-refractivity contribution in [3.8, 4) is 0 Å². The van der Waals surface area contributed by atoms with Gasteiger partial charge < -0.3 is 4.90 Å². The Balaban J connectivity index is 1.46. The zero-order chi connectivity index (χ0) is 14.1. The lowest BCUT2D eigenvalue weighted by atomic mass is 9.85. The number of piperidine rings is 2. The second-order valence-electron chi connectivity index (χ2n) is 7.93. The number of hydrogen-bond acceptors (Lipinski definition) is 2. The second-order valence-corrected chi connectivity index (χ2v) is 7.93. The molecule has 0 saturated carbocycles. The van der Waals surface area contributed by atoms with Gasteiger partial charge in [-0.1, -0.05) is 20.8 Å². The Bertz CT molecular complexity index is 293. The van der Waals surface area contributed by atoms with Crippen molar-refractivity contribution in [2.24, 2.45) is 17.8 Å². The molecule has 0 aliphatic carbocycles. The van der Waals surface area contributed by atoms with E-state index in [4.69, 9.17) is 0 Å². The zero-order valence-corrected chi connectivity index (χ0v) is 13.9. The fourth-order valence-electron chi connectivity index (χ4n) is 5.22. The van der Waals surface area contributed by atoms with E-state index in [0.29, 0.717) is 0 Å². The van der Waals surface area contributed by atoms with Crippen LogP contribution in [-0.2, 0) is 0 Å². The summed E-state index contributed by atoms with van der Waals surface area (Å²) in [7, 11) is 0. The van der Waals surface area contributed by atoms with Crippen LogP contribution in [0.5, 0.6) is 0 Å². The summed E-state index contributed by atoms with van der Waals surface area (Å²) >= 11 is 0. The van der Waals surface area contributed by atoms with Crippen molar-refractivity contribution in [3.05, 3.63) is 0 Å². The molecule has 0 aromatic carbocycles. The Morgan fingerprint density at radius 1 is 0.950 bits per heavy atom. The molecule has 0 N–H and O–H groups in total. The van der Waals surface area contributed by atoms with Crippen molar-refractivity contribution in [2.75, 3.05) is 26.2 Å². The molecule has 2 atom stereocenters. The standard InChI is InChI=1S/C18H34N2/c1-4-20-17-5-6-18(20)12-15(11-17)13-19-9-7-16(8-10-19)14(2)3/h14-18H,4-13H2,1-3H3. The number of rotatable bonds is 4. The monoisotopic (exact) mass is 278 g/mol. The fourth-order valence-corrected chi connectivity index (χ4v) is 5.22. The fraction of sp³-hybridized carbons (Fsp3) is 1.00. The average Bonchev–Trinajstić information content (AvgIpc) is 2.69. The van der Waals surface area contributed by atoms with Gasteiger partial charge in [0.25, 0.3) is 0 Å². The summed E-state index contributed by atoms with van der Waals surface area (Å²) in [6.07, 6.45) is 8.80. The van der Waals surface area contributed by atoms with Crippen molar-refractivity contribution in [1.82, 2.24) is 9.80 Å². The Morgan fingerprint density at radius 3 is 2.05 bits per heavy atom. The van der Waals surface area contributed by atoms with E-state index in [1.807, 2.05) is 0 Å². The molecule has 0 aromatic heterocycles. The van der Waals surface area contributed by atoms with E-state index in [1.54, 1.807) is 0 Å². The number of nitrogens with zero attached hydrogens (tertiary/aromatic N) is 2. The van der Waals surface area contributed by atoms with E-state index in [9.17, 15) is 0 Å². The summed E-state index contributed by atoms with van der Waals surface area (Å²) in [5, 5.41) is 0. The van der Waals surface area contributed by atoms with Gasteiger partial charge in [0, 0.05) is 18.6 Å². The summed E-state index contributed by atoms with van der Waals surface area (Å²) in [6, 6.07) is 1.86. The minimum Gasteiger partial charge on any atom is -0.303 e. The molecule has 116 valence electrons. The molecule has 0 aromatic rings. The maximum absolute atomic E-state index is 2.79. The highest BCUT2D eigenvalue weighted by Crippen LogP contribution is 2.39. The highest BCUT2D eigenvalue weighted by atomic mass is 15.2. The molecule has 3 aliphatic heterocycles. The van der Waals surface area contributed by atoms with Crippen molar-refractivity contribution >= 4 is 0 Å². The van der Waals surface area contributed by atoms with Gasteiger partial charge in [0.2, 0.25) is 0 Å². The molecule has 2 unspecified atom stereocenters. The largest absolute Gasteiger partial charge is 0.303 e. The van der Waals surface area contributed by atoms with Gasteiger partial charge in [-0.2, -0.15) is 0 Å². The maximum Gasteiger partial charge on any atom is 0.0102 e. The van der Waals surface area contributed by atoms with E-state index >= 15 is 0 Å². The van der Waals surface area contributed by atoms with Crippen LogP contribution in [0.3, 0.4) is 0 Å². The topological polar surface area (TPSA) is 6.48 Å². The lowest BCUT2D eigenvalue weighted by Gasteiger charge is -2.41. The van der Waals surface area contributed by atoms with Gasteiger partial charge in [-0.3, -0.25) is 4.90 Å². The van der Waals surface area contributed by atoms with Crippen molar-refractivity contribution < 1.29 is 0 Å². The molecule has 2 nitrogen and oxygen atoms in total. The van der Waals surface area contributed by atoms with Gasteiger partial charge in [0.05, 0.1) is 0 Å². The highest BCUT2D eigenvalue weighted by Gasteiger charge is 2.40. The Kier molecular flexibility index (Phi) is 4.72. The van der Waals surface area contributed by atoms with Crippen LogP contribution in [0.15, 0.2) is 0 Å². The Labute approximate surface area is 125 Å². The first-order chi connectivity index (χ1) is 9.67. The summed E-state index contributed by atoms with van der Waals surface area (Å²) in [5.74, 6) is 2.87. The van der Waals surface area contributed by atoms with Gasteiger partial charge in [0.1, 0.15) is 0 Å². The van der Waals surface area contributed by atoms with Crippen LogP contribution in [0.1, 0.15) is 59.3 Å². The Morgan fingerprint density at radius 2 is 1.55 bits per heavy atom. The summed E-state index contributed by atoms with van der Waals surface area (Å²) in [5.41, 5.74) is 0. The van der Waals surface area contributed by atoms with E-state index in [-0.39, 0.29) is 0 Å². The maximum atomic E-state index is 2.79. The van der Waals surface area contributed by atoms with E-state index < -0.39 is 0 Å². The van der Waals surface area contributed by atoms with Crippen molar-refractivity contribution in [1.29, 1.82) is 0 Å². The molecule has 0 amide bonds. The van der Waals surface area contributed by atoms with Gasteiger partial charge in [-0.15, -0.1) is 0 Å². The minimum absolute atomic E-state index is 0.890. The van der Waals surface area contributed by atoms with E-state index in [2.05, 4.69) is 30.6 Å². The van der Waals surface area contributed by atoms with E-state index in [1.165, 1.54) is 64.7 Å². The summed E-state index contributed by atoms with van der Waals surface area (Å²) in [4.78, 5) is 5.58. The third-order valence-electron chi connectivity index (χ3n) is 6.44. The summed E-state index contributed by atoms with van der Waals surface area (Å²) in [6.45, 7) is 12.6. The van der Waals surface area contributed by atoms with Crippen LogP contribution < -0.4 is 0 Å². The molecule has 2 bridgehead atoms. The molecule has 2 heteroatoms. The van der Waals surface area contributed by atoms with E-state index in [0.717, 1.165) is 29.8 Å². The van der Waals surface area contributed by atoms with Crippen LogP contribution in [0.25, 0.3) is 0 Å². The third-order valence-corrected chi connectivity index (χ3v) is 6.44. The quantitative estimate of drug-likeness (QED) is 0.775. The van der Waals surface area contributed by atoms with Crippen LogP contribution in [-0.4, -0.2) is 48.1 Å². The number of hydrogen-bond donors (Lipinski definition) is 0. The summed E-state index contributed by atoms with van der Waals surface area (Å²) < 4.78 is 0. The van der Waals surface area contributed by atoms with Crippen molar-refractivity contribution in [3.63, 3.8) is 0 Å². The van der Waals surface area contributed by atoms with Crippen LogP contribution in [0.4, 0.5) is 0 Å². The van der Waals surface area contributed by atoms with Crippen LogP contribution in [0, 0.1) is 17.8 Å². The first-order valence-electron chi connectivity index (χ1n) is 9.15. The molecule has 0 radical (unpaired) electrons. The predicted octanol–water partition coefficient (Wildman–Crippen LogP) is 3.62. The third kappa shape index (κ3) is 3.06. The number of fused-ring (bicyclic) bond motifs is 2. The van der Waals surface area contributed by atoms with Gasteiger partial charge in [-0.05, 0) is 75.9 Å².